The minimum Gasteiger partial charge on any atom is -0.340 e. The number of thioether (sulfide) groups is 1. The maximum Gasteiger partial charge on any atom is 0.191 e. The van der Waals surface area contributed by atoms with Crippen LogP contribution in [0, 0.1) is 6.92 Å². The van der Waals surface area contributed by atoms with E-state index in [1.165, 1.54) is 11.8 Å². The van der Waals surface area contributed by atoms with E-state index in [1.807, 2.05) is 31.4 Å². The Morgan fingerprint density at radius 3 is 2.63 bits per heavy atom. The standard InChI is InChI=1S/C12H14ClN5S/c1-7-3-4-8(13)5-9(7)15-10-6-11(18-14)17-12(16-10)19-2/h3-6H,14H2,1-2H3,(H2,15,16,17,18). The molecule has 1 aromatic carbocycles. The second kappa shape index (κ2) is 6.10. The maximum absolute atomic E-state index is 5.99. The van der Waals surface area contributed by atoms with Crippen LogP contribution in [0.25, 0.3) is 0 Å². The number of halogens is 1. The molecule has 0 spiro atoms. The van der Waals surface area contributed by atoms with Gasteiger partial charge in [-0.2, -0.15) is 0 Å². The number of nitrogen functional groups attached to an aromatic ring is 1. The molecule has 0 unspecified atom stereocenters. The largest absolute Gasteiger partial charge is 0.340 e. The molecule has 100 valence electrons. The smallest absolute Gasteiger partial charge is 0.191 e. The van der Waals surface area contributed by atoms with Crippen molar-refractivity contribution in [3.05, 3.63) is 34.9 Å². The molecule has 1 heterocycles. The van der Waals surface area contributed by atoms with E-state index in [2.05, 4.69) is 20.7 Å². The Bertz CT molecular complexity index is 568. The highest BCUT2D eigenvalue weighted by atomic mass is 35.5. The number of nitrogens with one attached hydrogen (secondary N) is 2. The van der Waals surface area contributed by atoms with Gasteiger partial charge in [-0.1, -0.05) is 29.4 Å². The molecule has 0 bridgehead atoms. The highest BCUT2D eigenvalue weighted by molar-refractivity contribution is 7.98. The molecule has 0 radical (unpaired) electrons. The van der Waals surface area contributed by atoms with Gasteiger partial charge in [0.2, 0.25) is 0 Å². The van der Waals surface area contributed by atoms with Crippen LogP contribution in [0.3, 0.4) is 0 Å². The number of aryl methyl sites for hydroxylation is 1. The van der Waals surface area contributed by atoms with Crippen LogP contribution in [-0.2, 0) is 0 Å². The van der Waals surface area contributed by atoms with E-state index in [1.54, 1.807) is 6.07 Å². The zero-order chi connectivity index (χ0) is 13.8. The van der Waals surface area contributed by atoms with Gasteiger partial charge in [0.15, 0.2) is 5.16 Å². The summed E-state index contributed by atoms with van der Waals surface area (Å²) in [6, 6.07) is 7.39. The minimum absolute atomic E-state index is 0.557. The highest BCUT2D eigenvalue weighted by Gasteiger charge is 2.05. The summed E-state index contributed by atoms with van der Waals surface area (Å²) >= 11 is 7.44. The van der Waals surface area contributed by atoms with Gasteiger partial charge in [0.1, 0.15) is 11.6 Å². The van der Waals surface area contributed by atoms with Crippen LogP contribution in [-0.4, -0.2) is 16.2 Å². The van der Waals surface area contributed by atoms with Crippen LogP contribution < -0.4 is 16.6 Å². The number of hydrogen-bond acceptors (Lipinski definition) is 6. The van der Waals surface area contributed by atoms with Gasteiger partial charge >= 0.3 is 0 Å². The van der Waals surface area contributed by atoms with E-state index in [9.17, 15) is 0 Å². The number of nitrogens with zero attached hydrogens (tertiary/aromatic N) is 2. The molecule has 0 saturated heterocycles. The van der Waals surface area contributed by atoms with E-state index < -0.39 is 0 Å². The van der Waals surface area contributed by atoms with Crippen molar-refractivity contribution in [2.75, 3.05) is 17.0 Å². The SMILES string of the molecule is CSc1nc(NN)cc(Nc2cc(Cl)ccc2C)n1. The fourth-order valence-corrected chi connectivity index (χ4v) is 2.07. The minimum atomic E-state index is 0.557. The molecule has 0 aliphatic rings. The second-order valence-electron chi connectivity index (χ2n) is 3.85. The third-order valence-electron chi connectivity index (χ3n) is 2.50. The highest BCUT2D eigenvalue weighted by Crippen LogP contribution is 2.25. The summed E-state index contributed by atoms with van der Waals surface area (Å²) in [5, 5.41) is 4.53. The quantitative estimate of drug-likeness (QED) is 0.348. The van der Waals surface area contributed by atoms with Crippen molar-refractivity contribution in [3.8, 4) is 0 Å². The number of anilines is 3. The van der Waals surface area contributed by atoms with Crippen LogP contribution in [0.4, 0.5) is 17.3 Å². The lowest BCUT2D eigenvalue weighted by atomic mass is 10.2. The van der Waals surface area contributed by atoms with E-state index >= 15 is 0 Å². The summed E-state index contributed by atoms with van der Waals surface area (Å²) in [4.78, 5) is 8.57. The van der Waals surface area contributed by atoms with Gasteiger partial charge in [0, 0.05) is 16.8 Å². The van der Waals surface area contributed by atoms with Gasteiger partial charge in [-0.05, 0) is 30.9 Å². The predicted octanol–water partition coefficient (Wildman–Crippen LogP) is 3.19. The van der Waals surface area contributed by atoms with Gasteiger partial charge < -0.3 is 10.7 Å². The molecule has 19 heavy (non-hydrogen) atoms. The molecule has 7 heteroatoms. The van der Waals surface area contributed by atoms with Crippen LogP contribution in [0.5, 0.6) is 0 Å². The van der Waals surface area contributed by atoms with E-state index in [4.69, 9.17) is 17.4 Å². The third kappa shape index (κ3) is 3.50. The first-order valence-electron chi connectivity index (χ1n) is 5.55. The number of nitrogens with two attached hydrogens (primary N) is 1. The fraction of sp³-hybridized carbons (Fsp3) is 0.167. The Kier molecular flexibility index (Phi) is 4.47. The fourth-order valence-electron chi connectivity index (χ4n) is 1.52. The molecule has 0 amide bonds. The van der Waals surface area contributed by atoms with Crippen molar-refractivity contribution in [1.82, 2.24) is 9.97 Å². The Morgan fingerprint density at radius 1 is 1.21 bits per heavy atom. The maximum atomic E-state index is 5.99. The molecule has 2 aromatic rings. The van der Waals surface area contributed by atoms with E-state index in [0.717, 1.165) is 11.3 Å². The van der Waals surface area contributed by atoms with Crippen LogP contribution in [0.1, 0.15) is 5.56 Å². The molecular weight excluding hydrogens is 282 g/mol. The van der Waals surface area contributed by atoms with Crippen molar-refractivity contribution < 1.29 is 0 Å². The molecule has 0 fully saturated rings. The molecule has 0 aliphatic carbocycles. The van der Waals surface area contributed by atoms with Crippen molar-refractivity contribution in [2.45, 2.75) is 12.1 Å². The van der Waals surface area contributed by atoms with Gasteiger partial charge in [-0.3, -0.25) is 0 Å². The molecule has 0 saturated carbocycles. The normalized spacial score (nSPS) is 10.3. The van der Waals surface area contributed by atoms with Crippen LogP contribution >= 0.6 is 23.4 Å². The zero-order valence-electron chi connectivity index (χ0n) is 10.6. The molecular formula is C12H14ClN5S. The first kappa shape index (κ1) is 13.9. The van der Waals surface area contributed by atoms with Crippen molar-refractivity contribution in [2.24, 2.45) is 5.84 Å². The number of hydrogen-bond donors (Lipinski definition) is 3. The summed E-state index contributed by atoms with van der Waals surface area (Å²) in [6.07, 6.45) is 1.91. The summed E-state index contributed by atoms with van der Waals surface area (Å²) < 4.78 is 0. The van der Waals surface area contributed by atoms with Gasteiger partial charge in [-0.15, -0.1) is 0 Å². The van der Waals surface area contributed by atoms with Crippen LogP contribution in [0.15, 0.2) is 29.4 Å². The number of benzene rings is 1. The Labute approximate surface area is 120 Å². The molecule has 0 atom stereocenters. The summed E-state index contributed by atoms with van der Waals surface area (Å²) in [7, 11) is 0. The first-order chi connectivity index (χ1) is 9.12. The zero-order valence-corrected chi connectivity index (χ0v) is 12.1. The van der Waals surface area contributed by atoms with Crippen molar-refractivity contribution in [3.63, 3.8) is 0 Å². The van der Waals surface area contributed by atoms with Crippen molar-refractivity contribution in [1.29, 1.82) is 0 Å². The Morgan fingerprint density at radius 2 is 1.95 bits per heavy atom. The first-order valence-corrected chi connectivity index (χ1v) is 7.15. The van der Waals surface area contributed by atoms with Crippen molar-refractivity contribution >= 4 is 40.7 Å². The lowest BCUT2D eigenvalue weighted by molar-refractivity contribution is 0.971. The molecule has 5 nitrogen and oxygen atoms in total. The van der Waals surface area contributed by atoms with E-state index in [-0.39, 0.29) is 0 Å². The summed E-state index contributed by atoms with van der Waals surface area (Å²) in [6.45, 7) is 2.00. The average molecular weight is 296 g/mol. The predicted molar refractivity (Wildman–Crippen MR) is 81.1 cm³/mol. The molecule has 1 aromatic heterocycles. The molecule has 4 N–H and O–H groups in total. The number of hydrazine groups is 1. The number of rotatable bonds is 4. The molecule has 2 rings (SSSR count). The van der Waals surface area contributed by atoms with Gasteiger partial charge in [0.05, 0.1) is 0 Å². The summed E-state index contributed by atoms with van der Waals surface area (Å²) in [5.74, 6) is 6.61. The number of aromatic nitrogens is 2. The summed E-state index contributed by atoms with van der Waals surface area (Å²) in [5.41, 5.74) is 4.51. The van der Waals surface area contributed by atoms with Crippen LogP contribution in [0.2, 0.25) is 5.02 Å². The third-order valence-corrected chi connectivity index (χ3v) is 3.28. The Balaban J connectivity index is 2.34. The average Bonchev–Trinajstić information content (AvgIpc) is 2.42. The lowest BCUT2D eigenvalue weighted by Gasteiger charge is -2.11. The molecule has 0 aliphatic heterocycles. The second-order valence-corrected chi connectivity index (χ2v) is 5.06. The monoisotopic (exact) mass is 295 g/mol. The van der Waals surface area contributed by atoms with E-state index in [0.29, 0.717) is 21.8 Å². The van der Waals surface area contributed by atoms with Gasteiger partial charge in [-0.25, -0.2) is 15.8 Å². The lowest BCUT2D eigenvalue weighted by Crippen LogP contribution is -2.10. The Hall–Kier alpha value is -1.50. The van der Waals surface area contributed by atoms with Gasteiger partial charge in [0.25, 0.3) is 0 Å². The topological polar surface area (TPSA) is 75.9 Å².